The van der Waals surface area contributed by atoms with E-state index >= 15 is 0 Å². The molecule has 144 valence electrons. The number of halogens is 4. The highest BCUT2D eigenvalue weighted by Crippen LogP contribution is 2.37. The highest BCUT2D eigenvalue weighted by Gasteiger charge is 2.34. The molecule has 0 fully saturated rings. The quantitative estimate of drug-likeness (QED) is 0.620. The van der Waals surface area contributed by atoms with E-state index < -0.39 is 22.9 Å². The van der Waals surface area contributed by atoms with Crippen molar-refractivity contribution >= 4 is 23.4 Å². The van der Waals surface area contributed by atoms with Gasteiger partial charge in [-0.15, -0.1) is 0 Å². The van der Waals surface area contributed by atoms with Crippen molar-refractivity contribution in [3.05, 3.63) is 77.3 Å². The first-order chi connectivity index (χ1) is 13.3. The average molecular weight is 408 g/mol. The number of carbonyl (C=O) groups is 1. The number of carboxylic acid groups (broad SMARTS) is 1. The van der Waals surface area contributed by atoms with Crippen molar-refractivity contribution in [2.24, 2.45) is 0 Å². The Kier molecular flexibility index (Phi) is 5.51. The summed E-state index contributed by atoms with van der Waals surface area (Å²) < 4.78 is 39.3. The second-order valence-electron chi connectivity index (χ2n) is 5.86. The van der Waals surface area contributed by atoms with Crippen molar-refractivity contribution in [1.29, 1.82) is 0 Å². The van der Waals surface area contributed by atoms with Crippen LogP contribution in [0.3, 0.4) is 0 Å². The van der Waals surface area contributed by atoms with Gasteiger partial charge in [0.15, 0.2) is 0 Å². The van der Waals surface area contributed by atoms with Gasteiger partial charge in [0.25, 0.3) is 0 Å². The van der Waals surface area contributed by atoms with Gasteiger partial charge in [-0.05, 0) is 35.4 Å². The smallest absolute Gasteiger partial charge is 0.417 e. The molecule has 1 aromatic heterocycles. The molecule has 0 aliphatic rings. The van der Waals surface area contributed by atoms with Crippen LogP contribution in [-0.2, 0) is 12.7 Å². The minimum absolute atomic E-state index is 0.127. The number of anilines is 1. The molecule has 5 nitrogen and oxygen atoms in total. The Morgan fingerprint density at radius 2 is 1.79 bits per heavy atom. The van der Waals surface area contributed by atoms with Gasteiger partial charge in [0.1, 0.15) is 6.33 Å². The summed E-state index contributed by atoms with van der Waals surface area (Å²) >= 11 is 5.62. The molecule has 1 amide bonds. The van der Waals surface area contributed by atoms with E-state index in [1.165, 1.54) is 12.4 Å². The number of hydrogen-bond acceptors (Lipinski definition) is 3. The Bertz CT molecular complexity index is 997. The maximum absolute atomic E-state index is 13.1. The fourth-order valence-corrected chi connectivity index (χ4v) is 2.87. The van der Waals surface area contributed by atoms with Crippen molar-refractivity contribution in [3.63, 3.8) is 0 Å². The zero-order valence-corrected chi connectivity index (χ0v) is 14.9. The first-order valence-corrected chi connectivity index (χ1v) is 8.35. The van der Waals surface area contributed by atoms with Crippen LogP contribution in [0, 0.1) is 0 Å². The predicted octanol–water partition coefficient (Wildman–Crippen LogP) is 5.50. The fraction of sp³-hybridized carbons (Fsp3) is 0.105. The maximum atomic E-state index is 13.1. The number of hydrogen-bond donors (Lipinski definition) is 1. The molecule has 0 saturated carbocycles. The fourth-order valence-electron chi connectivity index (χ4n) is 2.65. The van der Waals surface area contributed by atoms with Crippen LogP contribution in [0.2, 0.25) is 5.02 Å². The van der Waals surface area contributed by atoms with Gasteiger partial charge in [0.05, 0.1) is 17.1 Å². The molecule has 0 aliphatic carbocycles. The van der Waals surface area contributed by atoms with Crippen LogP contribution in [0.25, 0.3) is 11.1 Å². The highest BCUT2D eigenvalue weighted by molar-refractivity contribution is 6.31. The Hall–Kier alpha value is -3.13. The van der Waals surface area contributed by atoms with Crippen LogP contribution in [-0.4, -0.2) is 21.2 Å². The average Bonchev–Trinajstić information content (AvgIpc) is 2.66. The largest absolute Gasteiger partial charge is 0.465 e. The topological polar surface area (TPSA) is 66.3 Å². The molecular weight excluding hydrogens is 395 g/mol. The molecule has 0 saturated heterocycles. The van der Waals surface area contributed by atoms with Crippen LogP contribution in [0.15, 0.2) is 61.2 Å². The molecule has 0 bridgehead atoms. The minimum atomic E-state index is -4.69. The van der Waals surface area contributed by atoms with E-state index in [-0.39, 0.29) is 12.2 Å². The Balaban J connectivity index is 1.94. The summed E-state index contributed by atoms with van der Waals surface area (Å²) in [6.45, 7) is -0.143. The molecule has 1 N–H and O–H groups in total. The lowest BCUT2D eigenvalue weighted by Crippen LogP contribution is -2.29. The van der Waals surface area contributed by atoms with Gasteiger partial charge in [-0.2, -0.15) is 13.2 Å². The molecule has 9 heteroatoms. The lowest BCUT2D eigenvalue weighted by atomic mass is 10.1. The molecule has 0 atom stereocenters. The van der Waals surface area contributed by atoms with Crippen molar-refractivity contribution < 1.29 is 23.1 Å². The second kappa shape index (κ2) is 7.85. The first kappa shape index (κ1) is 19.6. The third kappa shape index (κ3) is 4.40. The third-order valence-electron chi connectivity index (χ3n) is 3.96. The minimum Gasteiger partial charge on any atom is -0.465 e. The van der Waals surface area contributed by atoms with Crippen LogP contribution >= 0.6 is 11.6 Å². The first-order valence-electron chi connectivity index (χ1n) is 7.97. The normalized spacial score (nSPS) is 11.3. The molecule has 0 radical (unpaired) electrons. The monoisotopic (exact) mass is 407 g/mol. The summed E-state index contributed by atoms with van der Waals surface area (Å²) in [7, 11) is 0. The molecule has 2 aromatic carbocycles. The molecule has 1 heterocycles. The summed E-state index contributed by atoms with van der Waals surface area (Å²) in [6, 6.07) is 9.94. The van der Waals surface area contributed by atoms with E-state index in [2.05, 4.69) is 9.97 Å². The van der Waals surface area contributed by atoms with E-state index in [0.29, 0.717) is 5.56 Å². The summed E-state index contributed by atoms with van der Waals surface area (Å²) in [5.74, 6) is 0. The van der Waals surface area contributed by atoms with Crippen LogP contribution < -0.4 is 4.90 Å². The van der Waals surface area contributed by atoms with E-state index in [1.807, 2.05) is 0 Å². The third-order valence-corrected chi connectivity index (χ3v) is 4.29. The lowest BCUT2D eigenvalue weighted by molar-refractivity contribution is -0.137. The molecule has 0 unspecified atom stereocenters. The summed E-state index contributed by atoms with van der Waals surface area (Å²) in [5.41, 5.74) is 0.866. The van der Waals surface area contributed by atoms with E-state index in [9.17, 15) is 23.1 Å². The van der Waals surface area contributed by atoms with Crippen LogP contribution in [0.1, 0.15) is 11.1 Å². The van der Waals surface area contributed by atoms with Crippen molar-refractivity contribution in [2.45, 2.75) is 12.7 Å². The van der Waals surface area contributed by atoms with Gasteiger partial charge in [-0.1, -0.05) is 29.8 Å². The predicted molar refractivity (Wildman–Crippen MR) is 98.1 cm³/mol. The molecule has 3 aromatic rings. The summed E-state index contributed by atoms with van der Waals surface area (Å²) in [5, 5.41) is 9.04. The van der Waals surface area contributed by atoms with Crippen LogP contribution in [0.4, 0.5) is 23.7 Å². The number of aromatic nitrogens is 2. The van der Waals surface area contributed by atoms with E-state index in [4.69, 9.17) is 11.6 Å². The number of rotatable bonds is 4. The van der Waals surface area contributed by atoms with Crippen molar-refractivity contribution in [1.82, 2.24) is 9.97 Å². The second-order valence-corrected chi connectivity index (χ2v) is 6.27. The molecule has 0 spiro atoms. The maximum Gasteiger partial charge on any atom is 0.417 e. The van der Waals surface area contributed by atoms with Crippen molar-refractivity contribution in [2.75, 3.05) is 4.90 Å². The SMILES string of the molecule is O=C(O)N(Cc1cccc(-c2cncnc2)c1)c1ccc(Cl)c(C(F)(F)F)c1. The van der Waals surface area contributed by atoms with Gasteiger partial charge in [-0.25, -0.2) is 14.8 Å². The summed E-state index contributed by atoms with van der Waals surface area (Å²) in [6.07, 6.45) is -1.47. The standard InChI is InChI=1S/C19H13ClF3N3O2/c20-17-5-4-15(7-16(17)19(21,22)23)26(18(27)28)10-12-2-1-3-13(6-12)14-8-24-11-25-9-14/h1-9,11H,10H2,(H,27,28). The molecule has 28 heavy (non-hydrogen) atoms. The van der Waals surface area contributed by atoms with Crippen molar-refractivity contribution in [3.8, 4) is 11.1 Å². The summed E-state index contributed by atoms with van der Waals surface area (Å²) in [4.78, 5) is 20.4. The molecule has 3 rings (SSSR count). The highest BCUT2D eigenvalue weighted by atomic mass is 35.5. The van der Waals surface area contributed by atoms with Gasteiger partial charge >= 0.3 is 12.3 Å². The number of nitrogens with zero attached hydrogens (tertiary/aromatic N) is 3. The number of alkyl halides is 3. The zero-order chi connectivity index (χ0) is 20.3. The zero-order valence-electron chi connectivity index (χ0n) is 14.2. The number of benzene rings is 2. The Labute approximate surface area is 163 Å². The lowest BCUT2D eigenvalue weighted by Gasteiger charge is -2.21. The number of amides is 1. The van der Waals surface area contributed by atoms with E-state index in [0.717, 1.165) is 28.2 Å². The van der Waals surface area contributed by atoms with Gasteiger partial charge in [0.2, 0.25) is 0 Å². The molecule has 0 aliphatic heterocycles. The Morgan fingerprint density at radius 1 is 1.07 bits per heavy atom. The van der Waals surface area contributed by atoms with Gasteiger partial charge in [0, 0.05) is 23.6 Å². The van der Waals surface area contributed by atoms with E-state index in [1.54, 1.807) is 36.7 Å². The van der Waals surface area contributed by atoms with Crippen LogP contribution in [0.5, 0.6) is 0 Å². The van der Waals surface area contributed by atoms with Gasteiger partial charge < -0.3 is 5.11 Å². The Morgan fingerprint density at radius 3 is 2.43 bits per heavy atom. The van der Waals surface area contributed by atoms with Gasteiger partial charge in [-0.3, -0.25) is 4.90 Å². The molecular formula is C19H13ClF3N3O2.